The molecule has 0 aromatic rings. The number of hydrogen-bond acceptors (Lipinski definition) is 6. The number of hydrogen-bond donors (Lipinski definition) is 2. The summed E-state index contributed by atoms with van der Waals surface area (Å²) < 4.78 is 15.0. The van der Waals surface area contributed by atoms with Crippen LogP contribution in [0.1, 0.15) is 13.8 Å². The zero-order valence-electron chi connectivity index (χ0n) is 8.97. The molecule has 15 heavy (non-hydrogen) atoms. The van der Waals surface area contributed by atoms with Gasteiger partial charge in [-0.2, -0.15) is 0 Å². The van der Waals surface area contributed by atoms with E-state index in [1.807, 2.05) is 0 Å². The number of aliphatic hydroxyl groups is 2. The van der Waals surface area contributed by atoms with Crippen molar-refractivity contribution in [2.24, 2.45) is 0 Å². The van der Waals surface area contributed by atoms with Crippen molar-refractivity contribution in [3.05, 3.63) is 0 Å². The fourth-order valence-corrected chi connectivity index (χ4v) is 1.53. The zero-order chi connectivity index (χ0) is 11.6. The lowest BCUT2D eigenvalue weighted by Gasteiger charge is -2.19. The lowest BCUT2D eigenvalue weighted by molar-refractivity contribution is -0.171. The van der Waals surface area contributed by atoms with E-state index in [-0.39, 0.29) is 6.61 Å². The Kier molecular flexibility index (Phi) is 3.67. The molecule has 0 radical (unpaired) electrons. The van der Waals surface area contributed by atoms with Crippen LogP contribution in [-0.4, -0.2) is 54.0 Å². The van der Waals surface area contributed by atoms with Crippen LogP contribution in [0.2, 0.25) is 0 Å². The third kappa shape index (κ3) is 2.66. The zero-order valence-corrected chi connectivity index (χ0v) is 8.97. The van der Waals surface area contributed by atoms with E-state index in [1.165, 1.54) is 7.11 Å². The van der Waals surface area contributed by atoms with E-state index >= 15 is 0 Å². The SMILES string of the molecule is COC(=O)[C@@H](O)[C@@H]1OC(C)(C)O[C@H]1CO. The Morgan fingerprint density at radius 3 is 2.60 bits per heavy atom. The van der Waals surface area contributed by atoms with Gasteiger partial charge in [-0.05, 0) is 13.8 Å². The third-order valence-corrected chi connectivity index (χ3v) is 2.16. The number of ether oxygens (including phenoxy) is 3. The lowest BCUT2D eigenvalue weighted by atomic mass is 10.1. The van der Waals surface area contributed by atoms with Gasteiger partial charge in [0.25, 0.3) is 0 Å². The van der Waals surface area contributed by atoms with Gasteiger partial charge in [0, 0.05) is 0 Å². The van der Waals surface area contributed by atoms with E-state index in [9.17, 15) is 9.90 Å². The molecule has 1 aliphatic heterocycles. The smallest absolute Gasteiger partial charge is 0.337 e. The molecule has 1 heterocycles. The summed E-state index contributed by atoms with van der Waals surface area (Å²) in [6.07, 6.45) is -3.08. The van der Waals surface area contributed by atoms with Crippen LogP contribution < -0.4 is 0 Å². The first-order chi connectivity index (χ1) is 6.91. The molecule has 6 heteroatoms. The number of carbonyl (C=O) groups is 1. The van der Waals surface area contributed by atoms with Crippen LogP contribution in [0.25, 0.3) is 0 Å². The summed E-state index contributed by atoms with van der Waals surface area (Å²) in [6.45, 7) is 2.95. The van der Waals surface area contributed by atoms with Crippen LogP contribution >= 0.6 is 0 Å². The van der Waals surface area contributed by atoms with Crippen molar-refractivity contribution in [3.8, 4) is 0 Å². The summed E-state index contributed by atoms with van der Waals surface area (Å²) in [6, 6.07) is 0. The van der Waals surface area contributed by atoms with Crippen LogP contribution in [0.4, 0.5) is 0 Å². The Hall–Kier alpha value is -0.690. The summed E-state index contributed by atoms with van der Waals surface area (Å²) in [5.74, 6) is -1.73. The average molecular weight is 220 g/mol. The molecule has 0 bridgehead atoms. The molecule has 1 saturated heterocycles. The Balaban J connectivity index is 2.72. The van der Waals surface area contributed by atoms with E-state index < -0.39 is 30.1 Å². The minimum Gasteiger partial charge on any atom is -0.467 e. The monoisotopic (exact) mass is 220 g/mol. The van der Waals surface area contributed by atoms with Gasteiger partial charge in [0.1, 0.15) is 12.2 Å². The number of aliphatic hydroxyl groups excluding tert-OH is 2. The minimum absolute atomic E-state index is 0.331. The first kappa shape index (κ1) is 12.4. The number of carbonyl (C=O) groups excluding carboxylic acids is 1. The number of rotatable bonds is 3. The molecule has 2 N–H and O–H groups in total. The van der Waals surface area contributed by atoms with Gasteiger partial charge in [-0.3, -0.25) is 0 Å². The van der Waals surface area contributed by atoms with E-state index in [2.05, 4.69) is 4.74 Å². The number of esters is 1. The summed E-state index contributed by atoms with van der Waals surface area (Å²) in [4.78, 5) is 11.1. The summed E-state index contributed by atoms with van der Waals surface area (Å²) in [5.41, 5.74) is 0. The highest BCUT2D eigenvalue weighted by Crippen LogP contribution is 2.29. The Bertz CT molecular complexity index is 239. The van der Waals surface area contributed by atoms with Crippen molar-refractivity contribution < 1.29 is 29.2 Å². The van der Waals surface area contributed by atoms with Crippen LogP contribution in [0.5, 0.6) is 0 Å². The molecule has 6 nitrogen and oxygen atoms in total. The van der Waals surface area contributed by atoms with E-state index in [0.717, 1.165) is 0 Å². The fraction of sp³-hybridized carbons (Fsp3) is 0.889. The molecule has 0 aromatic heterocycles. The first-order valence-corrected chi connectivity index (χ1v) is 4.63. The second-order valence-corrected chi connectivity index (χ2v) is 3.79. The van der Waals surface area contributed by atoms with Gasteiger partial charge in [-0.1, -0.05) is 0 Å². The minimum atomic E-state index is -1.45. The molecule has 1 aliphatic rings. The fourth-order valence-electron chi connectivity index (χ4n) is 1.53. The van der Waals surface area contributed by atoms with Crippen molar-refractivity contribution in [1.29, 1.82) is 0 Å². The van der Waals surface area contributed by atoms with Gasteiger partial charge in [0.15, 0.2) is 11.9 Å². The average Bonchev–Trinajstić information content (AvgIpc) is 2.51. The molecule has 1 fully saturated rings. The molecule has 0 aliphatic carbocycles. The predicted molar refractivity (Wildman–Crippen MR) is 48.9 cm³/mol. The van der Waals surface area contributed by atoms with Crippen LogP contribution in [0.3, 0.4) is 0 Å². The maximum atomic E-state index is 11.1. The molecule has 0 unspecified atom stereocenters. The normalized spacial score (nSPS) is 31.3. The molecular weight excluding hydrogens is 204 g/mol. The second kappa shape index (κ2) is 4.44. The summed E-state index contributed by atoms with van der Waals surface area (Å²) >= 11 is 0. The van der Waals surface area contributed by atoms with Crippen molar-refractivity contribution in [2.75, 3.05) is 13.7 Å². The molecular formula is C9H16O6. The Morgan fingerprint density at radius 1 is 1.53 bits per heavy atom. The van der Waals surface area contributed by atoms with E-state index in [4.69, 9.17) is 14.6 Å². The molecule has 1 rings (SSSR count). The molecule has 3 atom stereocenters. The van der Waals surface area contributed by atoms with E-state index in [1.54, 1.807) is 13.8 Å². The standard InChI is InChI=1S/C9H16O6/c1-9(2)14-5(4-10)7(15-9)6(11)8(12)13-3/h5-7,10-11H,4H2,1-3H3/t5-,6-,7+/m0/s1. The summed E-state index contributed by atoms with van der Waals surface area (Å²) in [7, 11) is 1.17. The maximum Gasteiger partial charge on any atom is 0.337 e. The van der Waals surface area contributed by atoms with Crippen molar-refractivity contribution >= 4 is 5.97 Å². The van der Waals surface area contributed by atoms with Gasteiger partial charge in [0.05, 0.1) is 13.7 Å². The highest BCUT2D eigenvalue weighted by Gasteiger charge is 2.47. The van der Waals surface area contributed by atoms with E-state index in [0.29, 0.717) is 0 Å². The quantitative estimate of drug-likeness (QED) is 0.595. The first-order valence-electron chi connectivity index (χ1n) is 4.63. The highest BCUT2D eigenvalue weighted by molar-refractivity contribution is 5.75. The van der Waals surface area contributed by atoms with Crippen LogP contribution in [0, 0.1) is 0 Å². The largest absolute Gasteiger partial charge is 0.467 e. The maximum absolute atomic E-state index is 11.1. The van der Waals surface area contributed by atoms with Crippen LogP contribution in [0.15, 0.2) is 0 Å². The third-order valence-electron chi connectivity index (χ3n) is 2.16. The summed E-state index contributed by atoms with van der Waals surface area (Å²) in [5, 5.41) is 18.6. The van der Waals surface area contributed by atoms with Gasteiger partial charge in [0.2, 0.25) is 0 Å². The van der Waals surface area contributed by atoms with Gasteiger partial charge < -0.3 is 24.4 Å². The predicted octanol–water partition coefficient (Wildman–Crippen LogP) is -0.967. The molecule has 0 spiro atoms. The van der Waals surface area contributed by atoms with Gasteiger partial charge in [-0.15, -0.1) is 0 Å². The molecule has 0 amide bonds. The van der Waals surface area contributed by atoms with Gasteiger partial charge in [-0.25, -0.2) is 4.79 Å². The highest BCUT2D eigenvalue weighted by atomic mass is 16.8. The van der Waals surface area contributed by atoms with Crippen molar-refractivity contribution in [2.45, 2.75) is 37.9 Å². The van der Waals surface area contributed by atoms with Crippen LogP contribution in [-0.2, 0) is 19.0 Å². The topological polar surface area (TPSA) is 85.2 Å². The second-order valence-electron chi connectivity index (χ2n) is 3.79. The van der Waals surface area contributed by atoms with Crippen molar-refractivity contribution in [3.63, 3.8) is 0 Å². The molecule has 0 saturated carbocycles. The molecule has 88 valence electrons. The Labute approximate surface area is 87.7 Å². The lowest BCUT2D eigenvalue weighted by Crippen LogP contribution is -2.42. The Morgan fingerprint density at radius 2 is 2.13 bits per heavy atom. The van der Waals surface area contributed by atoms with Crippen molar-refractivity contribution in [1.82, 2.24) is 0 Å². The number of methoxy groups -OCH3 is 1. The van der Waals surface area contributed by atoms with Gasteiger partial charge >= 0.3 is 5.97 Å². The molecule has 0 aromatic carbocycles.